The normalized spacial score (nSPS) is 17.6. The molecule has 18 nitrogen and oxygen atoms in total. The highest BCUT2D eigenvalue weighted by Gasteiger charge is 2.54. The van der Waals surface area contributed by atoms with E-state index in [1.54, 1.807) is 6.92 Å². The van der Waals surface area contributed by atoms with Gasteiger partial charge < -0.3 is 34.9 Å². The molecule has 5 rings (SSSR count). The molecule has 0 aromatic carbocycles. The van der Waals surface area contributed by atoms with Gasteiger partial charge in [0.05, 0.1) is 5.69 Å². The third-order valence-electron chi connectivity index (χ3n) is 5.77. The van der Waals surface area contributed by atoms with Crippen molar-refractivity contribution in [2.45, 2.75) is 29.6 Å². The number of carboxylic acids is 2. The molecule has 0 aliphatic carbocycles. The van der Waals surface area contributed by atoms with Crippen molar-refractivity contribution in [1.29, 1.82) is 0 Å². The number of carbonyl (C=O) groups excluding carboxylic acids is 3. The molecular weight excluding hydrogens is 720 g/mol. The zero-order valence-electron chi connectivity index (χ0n) is 24.4. The number of nitrogens with zero attached hydrogens (tertiary/aromatic N) is 6. The van der Waals surface area contributed by atoms with Gasteiger partial charge in [0, 0.05) is 51.2 Å². The number of hydrogen-bond donors (Lipinski definition) is 5. The second-order valence-electron chi connectivity index (χ2n) is 9.22. The highest BCUT2D eigenvalue weighted by molar-refractivity contribution is 8.07. The topological polar surface area (TPSA) is 261 Å². The molecule has 0 unspecified atom stereocenters. The van der Waals surface area contributed by atoms with Crippen LogP contribution in [0.5, 0.6) is 0 Å². The van der Waals surface area contributed by atoms with Gasteiger partial charge >= 0.3 is 13.7 Å². The molecule has 3 aromatic heterocycles. The van der Waals surface area contributed by atoms with Crippen LogP contribution in [0.15, 0.2) is 50.0 Å². The van der Waals surface area contributed by atoms with Gasteiger partial charge in [-0.05, 0) is 13.8 Å². The summed E-state index contributed by atoms with van der Waals surface area (Å²) in [7, 11) is -2.77. The average Bonchev–Trinajstić information content (AvgIpc) is 3.64. The first-order valence-corrected chi connectivity index (χ1v) is 18.2. The lowest BCUT2D eigenvalue weighted by Gasteiger charge is -2.49. The van der Waals surface area contributed by atoms with Gasteiger partial charge in [-0.1, -0.05) is 16.9 Å². The van der Waals surface area contributed by atoms with Gasteiger partial charge in [-0.25, -0.2) is 18.9 Å². The van der Waals surface area contributed by atoms with E-state index in [-0.39, 0.29) is 29.0 Å². The Balaban J connectivity index is 0.00000118. The molecule has 250 valence electrons. The number of aromatic nitrogens is 4. The van der Waals surface area contributed by atoms with Crippen molar-refractivity contribution < 1.29 is 53.1 Å². The number of hydrogen-bond acceptors (Lipinski definition) is 15. The van der Waals surface area contributed by atoms with Gasteiger partial charge in [0.1, 0.15) is 30.8 Å². The third kappa shape index (κ3) is 9.12. The number of β-lactam (4-membered cyclic amide) rings is 1. The smallest absolute Gasteiger partial charge is 0.429 e. The van der Waals surface area contributed by atoms with Gasteiger partial charge in [-0.3, -0.25) is 19.6 Å². The molecular formula is C24H25N8O10PS4. The second-order valence-corrected chi connectivity index (χ2v) is 14.6. The molecule has 0 bridgehead atoms. The molecule has 23 heteroatoms. The molecule has 2 amide bonds. The van der Waals surface area contributed by atoms with E-state index >= 15 is 0 Å². The number of rotatable bonds is 11. The van der Waals surface area contributed by atoms with Gasteiger partial charge in [-0.2, -0.15) is 9.36 Å². The maximum atomic E-state index is 13.2. The number of thioether (sulfide) groups is 2. The van der Waals surface area contributed by atoms with E-state index in [0.717, 1.165) is 23.1 Å². The fraction of sp³-hybridized carbons (Fsp3) is 0.292. The van der Waals surface area contributed by atoms with Crippen LogP contribution in [0.4, 0.5) is 5.13 Å². The molecule has 5 heterocycles. The number of amides is 2. The van der Waals surface area contributed by atoms with E-state index in [9.17, 15) is 24.1 Å². The van der Waals surface area contributed by atoms with E-state index < -0.39 is 48.6 Å². The zero-order valence-corrected chi connectivity index (χ0v) is 28.6. The maximum Gasteiger partial charge on any atom is 0.429 e. The van der Waals surface area contributed by atoms with Crippen LogP contribution in [-0.2, 0) is 35.6 Å². The number of pyridine rings is 1. The molecule has 2 aliphatic heterocycles. The molecule has 0 radical (unpaired) electrons. The van der Waals surface area contributed by atoms with Crippen LogP contribution in [0.25, 0.3) is 11.3 Å². The van der Waals surface area contributed by atoms with Gasteiger partial charge in [0.25, 0.3) is 11.8 Å². The first-order chi connectivity index (χ1) is 22.2. The van der Waals surface area contributed by atoms with E-state index in [1.807, 2.05) is 46.6 Å². The summed E-state index contributed by atoms with van der Waals surface area (Å²) in [4.78, 5) is 80.7. The summed E-state index contributed by atoms with van der Waals surface area (Å²) in [5.41, 5.74) is 1.06. The summed E-state index contributed by atoms with van der Waals surface area (Å²) < 4.78 is 17.6. The highest BCUT2D eigenvalue weighted by atomic mass is 32.2. The van der Waals surface area contributed by atoms with Crippen LogP contribution in [0, 0.1) is 0 Å². The summed E-state index contributed by atoms with van der Waals surface area (Å²) in [6.07, 6.45) is 3.80. The Labute approximate surface area is 282 Å². The third-order valence-corrected chi connectivity index (χ3v) is 10.5. The number of oxime groups is 1. The summed E-state index contributed by atoms with van der Waals surface area (Å²) >= 11 is 4.40. The number of aliphatic carboxylic acids is 2. The number of anilines is 1. The predicted octanol–water partition coefficient (Wildman–Crippen LogP) is -0.0241. The van der Waals surface area contributed by atoms with E-state index in [0.29, 0.717) is 20.8 Å². The Morgan fingerprint density at radius 2 is 1.96 bits per heavy atom. The van der Waals surface area contributed by atoms with Crippen molar-refractivity contribution >= 4 is 88.7 Å². The monoisotopic (exact) mass is 744 g/mol. The minimum absolute atomic E-state index is 0.0843. The molecule has 47 heavy (non-hydrogen) atoms. The van der Waals surface area contributed by atoms with Gasteiger partial charge in [-0.15, -0.1) is 23.1 Å². The number of carbonyl (C=O) groups is 4. The first-order valence-electron chi connectivity index (χ1n) is 13.0. The highest BCUT2D eigenvalue weighted by Crippen LogP contribution is 2.46. The molecule has 1 fully saturated rings. The average molecular weight is 745 g/mol. The van der Waals surface area contributed by atoms with Crippen molar-refractivity contribution in [3.63, 3.8) is 0 Å². The van der Waals surface area contributed by atoms with E-state index in [1.165, 1.54) is 34.9 Å². The van der Waals surface area contributed by atoms with Crippen LogP contribution in [0.3, 0.4) is 0 Å². The Morgan fingerprint density at radius 3 is 2.57 bits per heavy atom. The van der Waals surface area contributed by atoms with Crippen molar-refractivity contribution in [3.05, 3.63) is 46.3 Å². The Bertz CT molecular complexity index is 1790. The molecule has 3 aromatic rings. The van der Waals surface area contributed by atoms with Gasteiger partial charge in [0.15, 0.2) is 16.7 Å². The molecule has 2 aliphatic rings. The second kappa shape index (κ2) is 15.3. The predicted molar refractivity (Wildman–Crippen MR) is 169 cm³/mol. The number of nitrogens with one attached hydrogen (secondary N) is 2. The van der Waals surface area contributed by atoms with Crippen LogP contribution >= 0.6 is 54.1 Å². The Morgan fingerprint density at radius 1 is 1.28 bits per heavy atom. The number of thiazole rings is 1. The quantitative estimate of drug-likeness (QED) is 0.0568. The largest absolute Gasteiger partial charge is 0.550 e. The van der Waals surface area contributed by atoms with Crippen molar-refractivity contribution in [2.24, 2.45) is 12.2 Å². The lowest BCUT2D eigenvalue weighted by Crippen LogP contribution is -2.71. The first kappa shape index (κ1) is 35.9. The number of fused-ring (bicyclic) bond motifs is 1. The lowest BCUT2D eigenvalue weighted by atomic mass is 10.0. The minimum atomic E-state index is -4.67. The van der Waals surface area contributed by atoms with Crippen LogP contribution in [0.2, 0.25) is 0 Å². The molecule has 2 atom stereocenters. The summed E-state index contributed by atoms with van der Waals surface area (Å²) in [5.74, 6) is -3.92. The standard InChI is InChI=1S/C22H21N8O8PS4.C2H4O2/c1-3-38-26-13(16-25-21(43-28-16)27-39(35,36)37)17(31)24-14-18(32)30-15(20(33)34)12(9-40-19(14)30)42-22-23-11(8-41-22)10-4-6-29(2)7-5-10;1-2(3)4/h4-8,14,19H,3,9H2,1-2H3,(H4-,24,25,27,28,31,33,34,35,36,37);1H3,(H,3,4)/b26-13-;/t14-,19-;/m1./s1. The summed E-state index contributed by atoms with van der Waals surface area (Å²) in [5, 5.41) is 27.9. The number of aryl methyl sites for hydroxylation is 1. The van der Waals surface area contributed by atoms with Crippen LogP contribution in [0.1, 0.15) is 19.7 Å². The van der Waals surface area contributed by atoms with E-state index in [4.69, 9.17) is 24.5 Å². The number of carboxylic acid groups (broad SMARTS) is 2. The maximum absolute atomic E-state index is 13.2. The summed E-state index contributed by atoms with van der Waals surface area (Å²) in [6, 6.07) is 2.77. The fourth-order valence-electron chi connectivity index (χ4n) is 3.90. The fourth-order valence-corrected chi connectivity index (χ4v) is 8.60. The molecule has 0 spiro atoms. The Kier molecular flexibility index (Phi) is 11.7. The molecule has 0 saturated carbocycles. The lowest BCUT2D eigenvalue weighted by molar-refractivity contribution is -0.671. The van der Waals surface area contributed by atoms with Gasteiger partial charge in [0.2, 0.25) is 16.7 Å². The van der Waals surface area contributed by atoms with E-state index in [2.05, 4.69) is 24.8 Å². The minimum Gasteiger partial charge on any atom is -0.550 e. The van der Waals surface area contributed by atoms with Crippen LogP contribution in [-0.4, -0.2) is 87.4 Å². The van der Waals surface area contributed by atoms with Crippen molar-refractivity contribution in [2.75, 3.05) is 17.4 Å². The SMILES string of the molecule is CC(=O)[O-].CCO/N=C(\C(=O)N[C@@H]1C(=O)N2C(C(=O)O)=C(Sc3nc(-c4cc[n+](C)cc4)cs3)CS[C@H]12)c1nsc(NP(=O)(O)O)n1. The zero-order chi connectivity index (χ0) is 34.5. The van der Waals surface area contributed by atoms with Crippen LogP contribution < -0.4 is 20.1 Å². The Hall–Kier alpha value is -3.92. The molecule has 5 N–H and O–H groups in total. The van der Waals surface area contributed by atoms with Crippen molar-refractivity contribution in [3.8, 4) is 11.3 Å². The summed E-state index contributed by atoms with van der Waals surface area (Å²) in [6.45, 7) is 2.67. The van der Waals surface area contributed by atoms with Crippen molar-refractivity contribution in [1.82, 2.24) is 24.6 Å². The molecule has 1 saturated heterocycles.